The van der Waals surface area contributed by atoms with Crippen LogP contribution in [0.2, 0.25) is 0 Å². The second kappa shape index (κ2) is 21.5. The first kappa shape index (κ1) is 54.2. The number of hydrogen-bond acceptors (Lipinski definition) is 3. The van der Waals surface area contributed by atoms with Crippen LogP contribution in [0.5, 0.6) is 0 Å². The van der Waals surface area contributed by atoms with Gasteiger partial charge in [0.25, 0.3) is 0 Å². The van der Waals surface area contributed by atoms with Crippen LogP contribution in [0, 0.1) is 93.7 Å². The van der Waals surface area contributed by atoms with Crippen molar-refractivity contribution in [2.45, 2.75) is 214 Å². The second-order valence-electron chi connectivity index (χ2n) is 23.5. The van der Waals surface area contributed by atoms with Gasteiger partial charge in [-0.05, 0) is 204 Å². The maximum absolute atomic E-state index is 11.3. The van der Waals surface area contributed by atoms with Gasteiger partial charge in [-0.3, -0.25) is 5.41 Å². The molecule has 15 aliphatic carbocycles. The summed E-state index contributed by atoms with van der Waals surface area (Å²) in [6, 6.07) is 1.08. The highest BCUT2D eigenvalue weighted by Crippen LogP contribution is 2.60. The van der Waals surface area contributed by atoms with Crippen LogP contribution in [0.15, 0.2) is 0 Å². The average molecular weight is 903 g/mol. The van der Waals surface area contributed by atoms with Crippen LogP contribution in [-0.2, 0) is 10.0 Å². The first-order valence-corrected chi connectivity index (χ1v) is 25.6. The van der Waals surface area contributed by atoms with E-state index in [1.807, 2.05) is 0 Å². The van der Waals surface area contributed by atoms with Gasteiger partial charge in [0.1, 0.15) is 0 Å². The van der Waals surface area contributed by atoms with Crippen LogP contribution in [0.3, 0.4) is 0 Å². The number of quaternary nitrogens is 2. The third kappa shape index (κ3) is 12.4. The Labute approximate surface area is 383 Å². The zero-order valence-corrected chi connectivity index (χ0v) is 37.4. The molecule has 10 heteroatoms. The van der Waals surface area contributed by atoms with E-state index in [-0.39, 0.29) is 60.6 Å². The molecule has 0 aliphatic heterocycles. The molecule has 0 heterocycles. The van der Waals surface area contributed by atoms with Crippen molar-refractivity contribution in [2.75, 3.05) is 6.26 Å². The quantitative estimate of drug-likeness (QED) is 0.211. The first-order valence-electron chi connectivity index (χ1n) is 23.7. The third-order valence-corrected chi connectivity index (χ3v) is 19.6. The van der Waals surface area contributed by atoms with E-state index in [2.05, 4.69) is 16.2 Å². The molecule has 10 N–H and O–H groups in total. The molecule has 0 saturated heterocycles. The Hall–Kier alpha value is -0.120. The Morgan fingerprint density at radius 3 is 1.40 bits per heavy atom. The van der Waals surface area contributed by atoms with Gasteiger partial charge >= 0.3 is 0 Å². The molecule has 7 nitrogen and oxygen atoms in total. The highest BCUT2D eigenvalue weighted by molar-refractivity contribution is 7.88. The normalized spacial score (nSPS) is 46.8. The lowest BCUT2D eigenvalue weighted by Gasteiger charge is -2.54. The number of fused-ring (bicyclic) bond motifs is 4. The van der Waals surface area contributed by atoms with E-state index in [1.165, 1.54) is 135 Å². The van der Waals surface area contributed by atoms with Gasteiger partial charge in [-0.15, -0.1) is 0 Å². The fourth-order valence-electron chi connectivity index (χ4n) is 17.9. The van der Waals surface area contributed by atoms with Crippen molar-refractivity contribution in [2.24, 2.45) is 94.0 Å². The van der Waals surface area contributed by atoms with Gasteiger partial charge in [-0.25, -0.2) is 13.1 Å². The fourth-order valence-corrected chi connectivity index (χ4v) is 18.8. The van der Waals surface area contributed by atoms with Gasteiger partial charge in [0, 0.05) is 44.1 Å². The molecule has 15 bridgehead atoms. The summed E-state index contributed by atoms with van der Waals surface area (Å²) in [6.45, 7) is 0. The molecule has 15 rings (SSSR count). The van der Waals surface area contributed by atoms with Crippen molar-refractivity contribution in [3.8, 4) is 0 Å². The van der Waals surface area contributed by atoms with Gasteiger partial charge < -0.3 is 42.0 Å². The minimum absolute atomic E-state index is 0. The summed E-state index contributed by atoms with van der Waals surface area (Å²) in [5.74, 6) is 14.1. The number of rotatable bonds is 5. The molecule has 15 fully saturated rings. The Bertz CT molecular complexity index is 1410. The van der Waals surface area contributed by atoms with E-state index in [4.69, 9.17) is 11.1 Å². The topological polar surface area (TPSA) is 151 Å². The van der Waals surface area contributed by atoms with Gasteiger partial charge in [0.05, 0.1) is 23.7 Å². The number of nitrogens with two attached hydrogens (primary N) is 1. The smallest absolute Gasteiger partial charge is 0.208 e. The molecule has 0 aromatic rings. The minimum Gasteiger partial charge on any atom is -1.00 e. The molecule has 354 valence electrons. The molecule has 0 amide bonds. The van der Waals surface area contributed by atoms with Crippen LogP contribution in [0.4, 0.5) is 0 Å². The summed E-state index contributed by atoms with van der Waals surface area (Å²) >= 11 is 0. The van der Waals surface area contributed by atoms with Crippen LogP contribution in [-0.4, -0.2) is 38.1 Å². The van der Waals surface area contributed by atoms with Crippen LogP contribution >= 0.6 is 0 Å². The van der Waals surface area contributed by atoms with Crippen molar-refractivity contribution in [3.63, 3.8) is 0 Å². The zero-order chi connectivity index (χ0) is 37.4. The van der Waals surface area contributed by atoms with E-state index >= 15 is 0 Å². The predicted octanol–water partition coefficient (Wildman–Crippen LogP) is 3.86. The SMILES string of the molecule is C.C.C.C.CS(=O)(=O)NC1C2CC3CC(C2)CC1C3.N=C(N)CCC12CC3CCC(CC(C3)C1)C2.[Cl-].[Cl-].[NH3+]C12CC3CCC(CC(C3)C1)C2.[NH3+]C1CC2CC3CC(C2)C1C3. The molecular weight excluding hydrogens is 806 g/mol. The number of sulfonamides is 1. The minimum atomic E-state index is -3.02. The molecular formula is C50H97Cl2N5O2S. The number of amidine groups is 1. The lowest BCUT2D eigenvalue weighted by molar-refractivity contribution is -0.497. The Morgan fingerprint density at radius 1 is 0.583 bits per heavy atom. The molecule has 9 atom stereocenters. The van der Waals surface area contributed by atoms with Gasteiger partial charge in [-0.1, -0.05) is 42.5 Å². The third-order valence-electron chi connectivity index (χ3n) is 18.9. The summed E-state index contributed by atoms with van der Waals surface area (Å²) in [5, 5.41) is 7.44. The van der Waals surface area contributed by atoms with Gasteiger partial charge in [0.2, 0.25) is 10.0 Å². The maximum Gasteiger partial charge on any atom is 0.208 e. The zero-order valence-electron chi connectivity index (χ0n) is 35.1. The summed E-state index contributed by atoms with van der Waals surface area (Å²) < 4.78 is 25.5. The lowest BCUT2D eigenvalue weighted by Crippen LogP contribution is -3.00. The number of halogens is 2. The molecule has 60 heavy (non-hydrogen) atoms. The highest BCUT2D eigenvalue weighted by Gasteiger charge is 2.52. The standard InChI is InChI=1S/C14H24N2.C11H19NO2S.C11H19N.C10H17N.4CH4.2ClH/c15-13(16)3-4-14-7-10-1-2-11(8-14)6-12(5-10)9-14;1-15(13,14)12-11-9-3-7-2-8(5-9)6-10(11)4-7;12-11-5-8-1-2-9(6-11)4-10(3-8)7-11;11-10-5-7-1-6-2-8(3-7)9(10)4-6;;;;;;/h10-12H,1-9H2,(H3,15,16);7-12H,2-6H2,1H3;8-10H,1-7,12H2;6-10H,1-5,11H2;4*1H4;2*1H. The van der Waals surface area contributed by atoms with Crippen molar-refractivity contribution in [1.29, 1.82) is 5.41 Å². The van der Waals surface area contributed by atoms with E-state index < -0.39 is 10.0 Å². The number of nitrogens with one attached hydrogen (secondary N) is 2. The molecule has 0 spiro atoms. The van der Waals surface area contributed by atoms with Gasteiger partial charge in [0.15, 0.2) is 0 Å². The predicted molar refractivity (Wildman–Crippen MR) is 244 cm³/mol. The van der Waals surface area contributed by atoms with E-state index in [1.54, 1.807) is 32.1 Å². The van der Waals surface area contributed by atoms with Crippen LogP contribution < -0.4 is 46.7 Å². The van der Waals surface area contributed by atoms with Crippen molar-refractivity contribution < 1.29 is 44.7 Å². The molecule has 15 aliphatic rings. The number of hydrogen-bond donors (Lipinski definition) is 5. The molecule has 9 unspecified atom stereocenters. The first-order chi connectivity index (χ1) is 25.7. The van der Waals surface area contributed by atoms with E-state index in [0.29, 0.717) is 28.6 Å². The molecule has 0 radical (unpaired) electrons. The Morgan fingerprint density at radius 2 is 0.950 bits per heavy atom. The summed E-state index contributed by atoms with van der Waals surface area (Å²) in [7, 11) is -3.02. The second-order valence-corrected chi connectivity index (χ2v) is 25.3. The molecule has 0 aromatic carbocycles. The van der Waals surface area contributed by atoms with Crippen molar-refractivity contribution in [1.82, 2.24) is 4.72 Å². The molecule has 0 aromatic heterocycles. The Kier molecular flexibility index (Phi) is 19.4. The largest absolute Gasteiger partial charge is 1.00 e. The van der Waals surface area contributed by atoms with Crippen LogP contribution in [0.25, 0.3) is 0 Å². The summed E-state index contributed by atoms with van der Waals surface area (Å²) in [6.07, 6.45) is 38.4. The maximum atomic E-state index is 11.3. The van der Waals surface area contributed by atoms with Crippen molar-refractivity contribution >= 4 is 15.9 Å². The Balaban J connectivity index is 0.000000208. The highest BCUT2D eigenvalue weighted by atomic mass is 35.5. The van der Waals surface area contributed by atoms with E-state index in [0.717, 1.165) is 83.5 Å². The van der Waals surface area contributed by atoms with Crippen LogP contribution in [0.1, 0.15) is 197 Å². The van der Waals surface area contributed by atoms with E-state index in [9.17, 15) is 8.42 Å². The summed E-state index contributed by atoms with van der Waals surface area (Å²) in [5.41, 5.74) is 15.5. The monoisotopic (exact) mass is 902 g/mol. The molecule has 15 saturated carbocycles. The fraction of sp³-hybridized carbons (Fsp3) is 0.980. The summed E-state index contributed by atoms with van der Waals surface area (Å²) in [4.78, 5) is 0. The van der Waals surface area contributed by atoms with Gasteiger partial charge in [-0.2, -0.15) is 0 Å². The average Bonchev–Trinajstić information content (AvgIpc) is 3.26. The van der Waals surface area contributed by atoms with Crippen molar-refractivity contribution in [3.05, 3.63) is 0 Å². The lowest BCUT2D eigenvalue weighted by atomic mass is 9.54.